The number of alkyl halides is 3. The number of aromatic nitrogens is 2. The van der Waals surface area contributed by atoms with E-state index in [2.05, 4.69) is 4.98 Å². The minimum Gasteiger partial charge on any atom is -0.305 e. The maximum atomic E-state index is 13.1. The van der Waals surface area contributed by atoms with Gasteiger partial charge in [-0.1, -0.05) is 30.3 Å². The molecule has 2 aromatic carbocycles. The van der Waals surface area contributed by atoms with E-state index in [4.69, 9.17) is 0 Å². The third kappa shape index (κ3) is 2.41. The Balaban J connectivity index is 2.15. The predicted molar refractivity (Wildman–Crippen MR) is 77.8 cm³/mol. The average Bonchev–Trinajstić information content (AvgIpc) is 2.77. The summed E-state index contributed by atoms with van der Waals surface area (Å²) in [5.74, 6) is 0. The number of para-hydroxylation sites is 1. The molecule has 0 bridgehead atoms. The molecular formula is C16H13F3N2O. The van der Waals surface area contributed by atoms with E-state index in [0.717, 1.165) is 11.6 Å². The fourth-order valence-electron chi connectivity index (χ4n) is 2.59. The summed E-state index contributed by atoms with van der Waals surface area (Å²) in [6.07, 6.45) is -4.44. The third-order valence-corrected chi connectivity index (χ3v) is 3.67. The van der Waals surface area contributed by atoms with E-state index in [0.29, 0.717) is 11.0 Å². The first-order chi connectivity index (χ1) is 10.4. The van der Waals surface area contributed by atoms with Crippen LogP contribution in [0.2, 0.25) is 0 Å². The van der Waals surface area contributed by atoms with Gasteiger partial charge in [0.15, 0.2) is 0 Å². The molecule has 0 spiro atoms. The van der Waals surface area contributed by atoms with Gasteiger partial charge in [0.05, 0.1) is 23.1 Å². The van der Waals surface area contributed by atoms with Crippen LogP contribution in [0.4, 0.5) is 13.2 Å². The van der Waals surface area contributed by atoms with Crippen molar-refractivity contribution in [3.63, 3.8) is 0 Å². The quantitative estimate of drug-likeness (QED) is 0.770. The topological polar surface area (TPSA) is 37.8 Å². The second kappa shape index (κ2) is 5.05. The molecule has 1 heterocycles. The Morgan fingerprint density at radius 2 is 1.82 bits per heavy atom. The number of rotatable bonds is 2. The summed E-state index contributed by atoms with van der Waals surface area (Å²) >= 11 is 0. The summed E-state index contributed by atoms with van der Waals surface area (Å²) in [5, 5.41) is 0. The number of H-pyrrole nitrogens is 1. The Kier molecular flexibility index (Phi) is 3.31. The van der Waals surface area contributed by atoms with Crippen LogP contribution in [0.5, 0.6) is 0 Å². The van der Waals surface area contributed by atoms with Gasteiger partial charge >= 0.3 is 11.9 Å². The molecule has 0 aliphatic heterocycles. The normalized spacial score (nSPS) is 12.0. The molecule has 1 N–H and O–H groups in total. The van der Waals surface area contributed by atoms with Crippen LogP contribution in [0.15, 0.2) is 47.3 Å². The number of fused-ring (bicyclic) bond motifs is 1. The van der Waals surface area contributed by atoms with Crippen molar-refractivity contribution in [1.82, 2.24) is 9.55 Å². The highest BCUT2D eigenvalue weighted by molar-refractivity contribution is 5.78. The molecule has 3 rings (SSSR count). The lowest BCUT2D eigenvalue weighted by molar-refractivity contribution is -0.138. The summed E-state index contributed by atoms with van der Waals surface area (Å²) < 4.78 is 40.5. The molecule has 0 saturated heterocycles. The summed E-state index contributed by atoms with van der Waals surface area (Å²) in [7, 11) is 0. The molecule has 1 aromatic heterocycles. The molecule has 0 fully saturated rings. The minimum atomic E-state index is -4.44. The summed E-state index contributed by atoms with van der Waals surface area (Å²) in [6.45, 7) is 1.71. The molecule has 0 unspecified atom stereocenters. The maximum absolute atomic E-state index is 13.1. The van der Waals surface area contributed by atoms with Crippen molar-refractivity contribution in [3.8, 4) is 0 Å². The molecule has 22 heavy (non-hydrogen) atoms. The molecule has 114 valence electrons. The maximum Gasteiger partial charge on any atom is 0.416 e. The first-order valence-electron chi connectivity index (χ1n) is 6.71. The number of aryl methyl sites for hydroxylation is 1. The molecule has 3 aromatic rings. The molecule has 6 heteroatoms. The van der Waals surface area contributed by atoms with Gasteiger partial charge in [0.2, 0.25) is 0 Å². The SMILES string of the molecule is Cc1cccc2c1[nH]c(=O)n2Cc1ccccc1C(F)(F)F. The van der Waals surface area contributed by atoms with Crippen LogP contribution in [0.25, 0.3) is 11.0 Å². The van der Waals surface area contributed by atoms with E-state index in [1.165, 1.54) is 22.8 Å². The summed E-state index contributed by atoms with van der Waals surface area (Å²) in [6, 6.07) is 10.6. The lowest BCUT2D eigenvalue weighted by atomic mass is 10.1. The van der Waals surface area contributed by atoms with E-state index in [-0.39, 0.29) is 12.1 Å². The zero-order valence-electron chi connectivity index (χ0n) is 11.7. The zero-order valence-corrected chi connectivity index (χ0v) is 11.7. The molecule has 0 atom stereocenters. The van der Waals surface area contributed by atoms with Crippen LogP contribution in [-0.2, 0) is 12.7 Å². The first kappa shape index (κ1) is 14.4. The lowest BCUT2D eigenvalue weighted by Gasteiger charge is -2.13. The number of aromatic amines is 1. The Morgan fingerprint density at radius 1 is 1.09 bits per heavy atom. The van der Waals surface area contributed by atoms with Crippen molar-refractivity contribution >= 4 is 11.0 Å². The minimum absolute atomic E-state index is 0.0690. The van der Waals surface area contributed by atoms with E-state index in [1.807, 2.05) is 13.0 Å². The first-order valence-corrected chi connectivity index (χ1v) is 6.71. The second-order valence-corrected chi connectivity index (χ2v) is 5.14. The fourth-order valence-corrected chi connectivity index (χ4v) is 2.59. The molecule has 0 radical (unpaired) electrons. The average molecular weight is 306 g/mol. The number of halogens is 3. The van der Waals surface area contributed by atoms with Gasteiger partial charge in [-0.05, 0) is 30.2 Å². The highest BCUT2D eigenvalue weighted by atomic mass is 19.4. The summed E-state index contributed by atoms with van der Waals surface area (Å²) in [5.41, 5.74) is 1.06. The number of benzene rings is 2. The van der Waals surface area contributed by atoms with Gasteiger partial charge in [-0.3, -0.25) is 4.57 Å². The molecule has 0 aliphatic carbocycles. The predicted octanol–water partition coefficient (Wildman–Crippen LogP) is 3.71. The highest BCUT2D eigenvalue weighted by Crippen LogP contribution is 2.32. The van der Waals surface area contributed by atoms with Gasteiger partial charge in [-0.25, -0.2) is 4.79 Å². The van der Waals surface area contributed by atoms with Crippen LogP contribution < -0.4 is 5.69 Å². The van der Waals surface area contributed by atoms with Crippen molar-refractivity contribution in [3.05, 3.63) is 69.6 Å². The number of hydrogen-bond acceptors (Lipinski definition) is 1. The van der Waals surface area contributed by atoms with Crippen molar-refractivity contribution in [2.45, 2.75) is 19.6 Å². The van der Waals surface area contributed by atoms with Gasteiger partial charge < -0.3 is 4.98 Å². The molecule has 3 nitrogen and oxygen atoms in total. The van der Waals surface area contributed by atoms with Crippen LogP contribution in [0.3, 0.4) is 0 Å². The van der Waals surface area contributed by atoms with Crippen LogP contribution in [-0.4, -0.2) is 9.55 Å². The Bertz CT molecular complexity index is 890. The van der Waals surface area contributed by atoms with E-state index < -0.39 is 17.4 Å². The Morgan fingerprint density at radius 3 is 2.55 bits per heavy atom. The lowest BCUT2D eigenvalue weighted by Crippen LogP contribution is -2.19. The number of nitrogens with one attached hydrogen (secondary N) is 1. The van der Waals surface area contributed by atoms with Gasteiger partial charge in [0, 0.05) is 0 Å². The van der Waals surface area contributed by atoms with Crippen molar-refractivity contribution in [2.75, 3.05) is 0 Å². The zero-order chi connectivity index (χ0) is 15.9. The number of hydrogen-bond donors (Lipinski definition) is 1. The van der Waals surface area contributed by atoms with Gasteiger partial charge in [0.25, 0.3) is 0 Å². The van der Waals surface area contributed by atoms with Gasteiger partial charge in [-0.15, -0.1) is 0 Å². The summed E-state index contributed by atoms with van der Waals surface area (Å²) in [4.78, 5) is 14.8. The van der Waals surface area contributed by atoms with Crippen molar-refractivity contribution in [2.24, 2.45) is 0 Å². The Hall–Kier alpha value is -2.50. The third-order valence-electron chi connectivity index (χ3n) is 3.67. The molecule has 0 aliphatic rings. The van der Waals surface area contributed by atoms with Crippen molar-refractivity contribution < 1.29 is 13.2 Å². The van der Waals surface area contributed by atoms with E-state index >= 15 is 0 Å². The smallest absolute Gasteiger partial charge is 0.305 e. The van der Waals surface area contributed by atoms with Crippen molar-refractivity contribution in [1.29, 1.82) is 0 Å². The van der Waals surface area contributed by atoms with Crippen LogP contribution in [0, 0.1) is 6.92 Å². The monoisotopic (exact) mass is 306 g/mol. The highest BCUT2D eigenvalue weighted by Gasteiger charge is 2.33. The Labute approximate surface area is 124 Å². The van der Waals surface area contributed by atoms with Gasteiger partial charge in [0.1, 0.15) is 0 Å². The molecular weight excluding hydrogens is 293 g/mol. The largest absolute Gasteiger partial charge is 0.416 e. The van der Waals surface area contributed by atoms with E-state index in [9.17, 15) is 18.0 Å². The molecule has 0 amide bonds. The fraction of sp³-hybridized carbons (Fsp3) is 0.188. The number of imidazole rings is 1. The van der Waals surface area contributed by atoms with Crippen LogP contribution in [0.1, 0.15) is 16.7 Å². The second-order valence-electron chi connectivity index (χ2n) is 5.14. The van der Waals surface area contributed by atoms with Crippen LogP contribution >= 0.6 is 0 Å². The van der Waals surface area contributed by atoms with E-state index in [1.54, 1.807) is 12.1 Å². The number of nitrogens with zero attached hydrogens (tertiary/aromatic N) is 1. The standard InChI is InChI=1S/C16H13F3N2O/c1-10-5-4-8-13-14(10)20-15(22)21(13)9-11-6-2-3-7-12(11)16(17,18)19/h2-8H,9H2,1H3,(H,20,22). The van der Waals surface area contributed by atoms with Gasteiger partial charge in [-0.2, -0.15) is 13.2 Å². The molecule has 0 saturated carbocycles.